The molecule has 5 aliphatic rings. The van der Waals surface area contributed by atoms with Crippen molar-refractivity contribution in [1.29, 1.82) is 0 Å². The van der Waals surface area contributed by atoms with E-state index in [0.717, 1.165) is 83.9 Å². The predicted octanol–water partition coefficient (Wildman–Crippen LogP) is 35.3. The highest BCUT2D eigenvalue weighted by atomic mass is 19.4. The van der Waals surface area contributed by atoms with Crippen LogP contribution in [0, 0.1) is 111 Å². The molecule has 0 aromatic heterocycles. The van der Waals surface area contributed by atoms with E-state index in [4.69, 9.17) is 0 Å². The molecule has 0 radical (unpaired) electrons. The lowest BCUT2D eigenvalue weighted by Crippen LogP contribution is -2.29. The molecule has 5 saturated carbocycles. The number of alkyl halides is 3. The van der Waals surface area contributed by atoms with Gasteiger partial charge in [-0.15, -0.1) is 0 Å². The van der Waals surface area contributed by atoms with Crippen molar-refractivity contribution < 1.29 is 13.2 Å². The Hall–Kier alpha value is -4.89. The molecule has 6 aromatic carbocycles. The molecule has 11 rings (SSSR count). The lowest BCUT2D eigenvalue weighted by Gasteiger charge is -2.31. The van der Waals surface area contributed by atoms with Gasteiger partial charge in [-0.05, 0) is 238 Å². The molecule has 6 aromatic rings. The highest BCUT2D eigenvalue weighted by Crippen LogP contribution is 2.51. The Balaban J connectivity index is 0. The molecule has 0 nitrogen and oxygen atoms in total. The fourth-order valence-electron chi connectivity index (χ4n) is 14.8. The van der Waals surface area contributed by atoms with Crippen LogP contribution in [-0.2, 0) is 6.42 Å². The topological polar surface area (TPSA) is 0 Å². The molecule has 0 N–H and O–H groups in total. The smallest absolute Gasteiger partial charge is 0.171 e. The minimum absolute atomic E-state index is 0. The van der Waals surface area contributed by atoms with Crippen LogP contribution in [-0.4, -0.2) is 6.18 Å². The van der Waals surface area contributed by atoms with Crippen molar-refractivity contribution in [1.82, 2.24) is 0 Å². The van der Waals surface area contributed by atoms with Gasteiger partial charge in [-0.25, -0.2) is 0 Å². The number of aryl methyl sites for hydroxylation is 5. The first-order chi connectivity index (χ1) is 49.5. The van der Waals surface area contributed by atoms with Crippen LogP contribution in [0.4, 0.5) is 13.2 Å². The molecule has 0 heterocycles. The monoisotopic (exact) mass is 1490 g/mol. The average Bonchev–Trinajstić information content (AvgIpc) is 1.64. The molecule has 0 aliphatic heterocycles. The van der Waals surface area contributed by atoms with E-state index in [1.54, 1.807) is 0 Å². The zero-order valence-corrected chi connectivity index (χ0v) is 72.8. The minimum atomic E-state index is -3.96. The second-order valence-electron chi connectivity index (χ2n) is 36.4. The Kier molecular flexibility index (Phi) is 56.5. The third kappa shape index (κ3) is 47.5. The summed E-state index contributed by atoms with van der Waals surface area (Å²) < 4.78 is 36.8. The van der Waals surface area contributed by atoms with Crippen molar-refractivity contribution in [3.05, 3.63) is 213 Å². The van der Waals surface area contributed by atoms with Gasteiger partial charge in [0.25, 0.3) is 0 Å². The van der Waals surface area contributed by atoms with Gasteiger partial charge in [-0.1, -0.05) is 412 Å². The number of benzene rings is 6. The third-order valence-corrected chi connectivity index (χ3v) is 23.5. The molecule has 0 saturated heterocycles. The maximum atomic E-state index is 12.3. The molecule has 0 spiro atoms. The van der Waals surface area contributed by atoms with Crippen LogP contribution in [0.2, 0.25) is 0 Å². The number of hydrogen-bond acceptors (Lipinski definition) is 0. The first-order valence-electron chi connectivity index (χ1n) is 42.9. The molecule has 2 unspecified atom stereocenters. The molecule has 2 atom stereocenters. The van der Waals surface area contributed by atoms with Crippen LogP contribution in [0.1, 0.15) is 382 Å². The molecule has 0 amide bonds. The summed E-state index contributed by atoms with van der Waals surface area (Å²) in [5.41, 5.74) is 14.0. The molecule has 0 bridgehead atoms. The maximum absolute atomic E-state index is 12.3. The van der Waals surface area contributed by atoms with E-state index in [1.807, 2.05) is 0 Å². The fourth-order valence-corrected chi connectivity index (χ4v) is 14.8. The summed E-state index contributed by atoms with van der Waals surface area (Å²) in [4.78, 5) is 0. The molecule has 3 heteroatoms. The Morgan fingerprint density at radius 1 is 0.315 bits per heavy atom. The van der Waals surface area contributed by atoms with E-state index in [1.165, 1.54) is 158 Å². The number of rotatable bonds is 13. The Labute approximate surface area is 671 Å². The highest BCUT2D eigenvalue weighted by Gasteiger charge is 2.42. The normalized spacial score (nSPS) is 20.1. The standard InChI is InChI=1S/C12H16.C11H16.C10H17F3.2C10H20.4C10H14.C9H18.3CH4/c1-9(2)11-8-12(11)10-6-4-3-5-7-10;1-10(2)8-9-11-6-4-3-5-7-11;1-7(2)8-3-5-9(6-4-8)10(11,12)13;6*1-8(2)10-6-4-9(3)5-7-10;1-8(2)9-6-4-3-5-7-9;;;/h3-7,9,11-12H,8H2,1-2H3;3-7,10H,8-9H2,1-2H3;7-9H,3-6H2,1-2H3;2*8-10H,4-7H2,1-3H3;4*4-8H,1-3H3;8-9H,3-7H2,1-2H3;3*1H4. The molecule has 108 heavy (non-hydrogen) atoms. The van der Waals surface area contributed by atoms with Crippen molar-refractivity contribution in [2.24, 2.45) is 82.9 Å². The Morgan fingerprint density at radius 2 is 0.583 bits per heavy atom. The maximum Gasteiger partial charge on any atom is 0.391 e. The van der Waals surface area contributed by atoms with Crippen LogP contribution < -0.4 is 0 Å². The van der Waals surface area contributed by atoms with E-state index >= 15 is 0 Å². The van der Waals surface area contributed by atoms with Crippen molar-refractivity contribution in [3.8, 4) is 0 Å². The summed E-state index contributed by atoms with van der Waals surface area (Å²) in [6, 6.07) is 56.4. The van der Waals surface area contributed by atoms with Gasteiger partial charge >= 0.3 is 6.18 Å². The molecular weight excluding hydrogens is 1320 g/mol. The zero-order chi connectivity index (χ0) is 78.8. The Morgan fingerprint density at radius 3 is 0.815 bits per heavy atom. The number of hydrogen-bond donors (Lipinski definition) is 0. The van der Waals surface area contributed by atoms with E-state index in [2.05, 4.69) is 338 Å². The minimum Gasteiger partial charge on any atom is -0.171 e. The SMILES string of the molecule is C.C.C.CC(C)C1CC1c1ccccc1.CC(C)C1CCC(C(F)(F)F)CC1.CC(C)C1CCCCC1.CC(C)CCc1ccccc1.CC1CCC(C(C)C)CC1.CC1CCC(C(C)C)CC1.Cc1ccc(C(C)C)cc1.Cc1ccc(C(C)C)cc1.Cc1ccc(C(C)C)cc1.Cc1ccc(C(C)C)cc1. The Bertz CT molecular complexity index is 2740. The third-order valence-electron chi connectivity index (χ3n) is 23.5. The van der Waals surface area contributed by atoms with Crippen molar-refractivity contribution in [2.75, 3.05) is 0 Å². The summed E-state index contributed by atoms with van der Waals surface area (Å²) >= 11 is 0. The summed E-state index contributed by atoms with van der Waals surface area (Å²) in [5, 5.41) is 0. The van der Waals surface area contributed by atoms with Crippen LogP contribution in [0.5, 0.6) is 0 Å². The van der Waals surface area contributed by atoms with Gasteiger partial charge in [0.05, 0.1) is 5.92 Å². The van der Waals surface area contributed by atoms with E-state index in [9.17, 15) is 13.2 Å². The molecule has 5 aliphatic carbocycles. The summed E-state index contributed by atoms with van der Waals surface area (Å²) in [6.45, 7) is 58.5. The van der Waals surface area contributed by atoms with Gasteiger partial charge in [0.2, 0.25) is 0 Å². The number of halogens is 3. The van der Waals surface area contributed by atoms with Crippen LogP contribution in [0.25, 0.3) is 0 Å². The lowest BCUT2D eigenvalue weighted by atomic mass is 9.77. The van der Waals surface area contributed by atoms with E-state index in [0.29, 0.717) is 48.3 Å². The van der Waals surface area contributed by atoms with Crippen molar-refractivity contribution in [3.63, 3.8) is 0 Å². The molecular formula is C105H175F3. The van der Waals surface area contributed by atoms with Crippen LogP contribution in [0.3, 0.4) is 0 Å². The lowest BCUT2D eigenvalue weighted by molar-refractivity contribution is -0.184. The first kappa shape index (κ1) is 105. The second-order valence-corrected chi connectivity index (χ2v) is 36.4. The van der Waals surface area contributed by atoms with E-state index in [-0.39, 0.29) is 22.3 Å². The van der Waals surface area contributed by atoms with Gasteiger partial charge in [0.15, 0.2) is 0 Å². The van der Waals surface area contributed by atoms with Gasteiger partial charge in [0.1, 0.15) is 0 Å². The predicted molar refractivity (Wildman–Crippen MR) is 483 cm³/mol. The van der Waals surface area contributed by atoms with Crippen molar-refractivity contribution >= 4 is 0 Å². The van der Waals surface area contributed by atoms with Gasteiger partial charge in [0, 0.05) is 0 Å². The average molecular weight is 1490 g/mol. The fraction of sp³-hybridized carbons (Fsp3) is 0.657. The molecule has 5 fully saturated rings. The van der Waals surface area contributed by atoms with Crippen molar-refractivity contribution in [2.45, 2.75) is 366 Å². The molecule has 616 valence electrons. The van der Waals surface area contributed by atoms with Crippen LogP contribution in [0.15, 0.2) is 158 Å². The summed E-state index contributed by atoms with van der Waals surface area (Å²) in [5.74, 6) is 14.1. The van der Waals surface area contributed by atoms with Crippen LogP contribution >= 0.6 is 0 Å². The second kappa shape index (κ2) is 58.0. The summed E-state index contributed by atoms with van der Waals surface area (Å²) in [6.07, 6.45) is 21.4. The quantitative estimate of drug-likeness (QED) is 0.108. The van der Waals surface area contributed by atoms with Gasteiger partial charge in [-0.3, -0.25) is 0 Å². The zero-order valence-electron chi connectivity index (χ0n) is 72.8. The van der Waals surface area contributed by atoms with Gasteiger partial charge in [-0.2, -0.15) is 13.2 Å². The van der Waals surface area contributed by atoms with E-state index < -0.39 is 12.1 Å². The largest absolute Gasteiger partial charge is 0.391 e. The van der Waals surface area contributed by atoms with Gasteiger partial charge < -0.3 is 0 Å². The first-order valence-corrected chi connectivity index (χ1v) is 42.9. The summed E-state index contributed by atoms with van der Waals surface area (Å²) in [7, 11) is 0. The highest BCUT2D eigenvalue weighted by molar-refractivity contribution is 5.28.